The second kappa shape index (κ2) is 46.2. The highest BCUT2D eigenvalue weighted by Crippen LogP contribution is 2.26. The van der Waals surface area contributed by atoms with Crippen LogP contribution in [0.4, 0.5) is 0 Å². The number of aliphatic hydroxyl groups excluding tert-OH is 2. The molecular formula is C59H90O12. The van der Waals surface area contributed by atoms with Crippen molar-refractivity contribution in [3.05, 3.63) is 122 Å². The predicted octanol–water partition coefficient (Wildman–Crippen LogP) is 12.9. The van der Waals surface area contributed by atoms with Crippen LogP contribution in [0.3, 0.4) is 0 Å². The molecule has 1 rings (SSSR count). The van der Waals surface area contributed by atoms with Crippen LogP contribution in [0.2, 0.25) is 0 Å². The molecule has 0 spiro atoms. The van der Waals surface area contributed by atoms with Crippen LogP contribution in [0.5, 0.6) is 0 Å². The monoisotopic (exact) mass is 991 g/mol. The average Bonchev–Trinajstić information content (AvgIpc) is 3.35. The fourth-order valence-electron chi connectivity index (χ4n) is 7.06. The van der Waals surface area contributed by atoms with Crippen LogP contribution in [-0.4, -0.2) is 89.2 Å². The van der Waals surface area contributed by atoms with E-state index in [-0.39, 0.29) is 25.9 Å². The maximum atomic E-state index is 13.0. The number of hydrogen-bond donors (Lipinski definition) is 3. The Hall–Kier alpha value is -4.88. The molecule has 1 aliphatic heterocycles. The quantitative estimate of drug-likeness (QED) is 0.0229. The fraction of sp³-hybridized carbons (Fsp3) is 0.593. The summed E-state index contributed by atoms with van der Waals surface area (Å²) in [5.74, 6) is -3.39. The molecule has 0 radical (unpaired) electrons. The van der Waals surface area contributed by atoms with Crippen molar-refractivity contribution in [2.75, 3.05) is 13.2 Å². The molecule has 0 saturated carbocycles. The molecule has 0 aromatic heterocycles. The molecule has 0 amide bonds. The van der Waals surface area contributed by atoms with Gasteiger partial charge in [-0.3, -0.25) is 14.4 Å². The van der Waals surface area contributed by atoms with E-state index in [0.29, 0.717) is 25.7 Å². The van der Waals surface area contributed by atoms with Crippen LogP contribution >= 0.6 is 0 Å². The lowest BCUT2D eigenvalue weighted by Gasteiger charge is -2.40. The third kappa shape index (κ3) is 36.7. The van der Waals surface area contributed by atoms with E-state index in [1.807, 2.05) is 30.4 Å². The lowest BCUT2D eigenvalue weighted by molar-refractivity contribution is -0.301. The van der Waals surface area contributed by atoms with Gasteiger partial charge >= 0.3 is 23.9 Å². The fourth-order valence-corrected chi connectivity index (χ4v) is 7.06. The van der Waals surface area contributed by atoms with E-state index in [4.69, 9.17) is 23.7 Å². The Morgan fingerprint density at radius 1 is 0.493 bits per heavy atom. The van der Waals surface area contributed by atoms with Gasteiger partial charge in [-0.2, -0.15) is 0 Å². The first kappa shape index (κ1) is 64.1. The summed E-state index contributed by atoms with van der Waals surface area (Å²) in [7, 11) is 0. The van der Waals surface area contributed by atoms with Gasteiger partial charge in [0.2, 0.25) is 0 Å². The van der Waals surface area contributed by atoms with E-state index in [0.717, 1.165) is 83.5 Å². The van der Waals surface area contributed by atoms with Gasteiger partial charge in [0.25, 0.3) is 0 Å². The summed E-state index contributed by atoms with van der Waals surface area (Å²) in [6.07, 6.45) is 50.9. The van der Waals surface area contributed by atoms with E-state index < -0.39 is 67.3 Å². The third-order valence-electron chi connectivity index (χ3n) is 11.1. The van der Waals surface area contributed by atoms with Crippen LogP contribution in [0, 0.1) is 0 Å². The van der Waals surface area contributed by atoms with Crippen molar-refractivity contribution in [2.45, 2.75) is 212 Å². The molecular weight excluding hydrogens is 901 g/mol. The van der Waals surface area contributed by atoms with Crippen molar-refractivity contribution in [2.24, 2.45) is 0 Å². The highest BCUT2D eigenvalue weighted by atomic mass is 16.7. The molecule has 12 heteroatoms. The molecule has 71 heavy (non-hydrogen) atoms. The Bertz CT molecular complexity index is 1700. The average molecular weight is 991 g/mol. The number of carbonyl (C=O) groups is 4. The molecule has 0 aliphatic carbocycles. The van der Waals surface area contributed by atoms with Crippen LogP contribution in [0.15, 0.2) is 122 Å². The standard InChI is InChI=1S/C59H90O12/c1-4-7-10-13-16-19-21-23-25-26-28-29-31-34-36-39-42-45-51(60)67-48-50(69-52(61)46-43-40-38-35-32-30-27-24-22-20-17-14-11-8-5-2)49-68-59-57(55(64)54(63)56(71-59)58(65)66)70-53(62)47-44-41-37-33-18-15-12-9-6-3/h7-8,10-11,16-17,19-20,23-25,27-29,32,34-36,40,43,50,54-57,59,63-64H,4-6,9,12-15,18,21-22,26,30-31,33,37-39,41-42,44-49H2,1-3H3,(H,65,66)/b10-7-,11-8-,19-16-,20-17-,25-23-,27-24-,29-28-,35-32-,36-34-,43-40-. The van der Waals surface area contributed by atoms with E-state index in [1.54, 1.807) is 6.08 Å². The number of unbranched alkanes of at least 4 members (excludes halogenated alkanes) is 9. The van der Waals surface area contributed by atoms with Gasteiger partial charge in [0, 0.05) is 12.8 Å². The molecule has 1 saturated heterocycles. The van der Waals surface area contributed by atoms with Crippen molar-refractivity contribution in [1.82, 2.24) is 0 Å². The molecule has 398 valence electrons. The molecule has 1 aliphatic rings. The number of aliphatic carboxylic acids is 1. The summed E-state index contributed by atoms with van der Waals surface area (Å²) in [6.45, 7) is 5.56. The molecule has 1 fully saturated rings. The summed E-state index contributed by atoms with van der Waals surface area (Å²) in [5.41, 5.74) is 0. The van der Waals surface area contributed by atoms with Gasteiger partial charge < -0.3 is 39.0 Å². The van der Waals surface area contributed by atoms with Gasteiger partial charge in [-0.1, -0.05) is 194 Å². The number of esters is 3. The van der Waals surface area contributed by atoms with Gasteiger partial charge in [-0.05, 0) is 83.5 Å². The first-order valence-corrected chi connectivity index (χ1v) is 26.5. The molecule has 3 N–H and O–H groups in total. The number of carbonyl (C=O) groups excluding carboxylic acids is 3. The summed E-state index contributed by atoms with van der Waals surface area (Å²) in [4.78, 5) is 50.7. The highest BCUT2D eigenvalue weighted by Gasteiger charge is 2.50. The van der Waals surface area contributed by atoms with Crippen molar-refractivity contribution < 1.29 is 58.2 Å². The number of carboxylic acid groups (broad SMARTS) is 1. The van der Waals surface area contributed by atoms with Crippen molar-refractivity contribution in [3.63, 3.8) is 0 Å². The van der Waals surface area contributed by atoms with Crippen molar-refractivity contribution in [1.29, 1.82) is 0 Å². The number of hydrogen-bond acceptors (Lipinski definition) is 11. The molecule has 0 bridgehead atoms. The lowest BCUT2D eigenvalue weighted by atomic mass is 9.98. The van der Waals surface area contributed by atoms with Gasteiger partial charge in [-0.25, -0.2) is 4.79 Å². The Labute approximate surface area is 427 Å². The Kier molecular flexibility index (Phi) is 41.7. The Morgan fingerprint density at radius 2 is 0.930 bits per heavy atom. The first-order chi connectivity index (χ1) is 34.6. The van der Waals surface area contributed by atoms with E-state index >= 15 is 0 Å². The van der Waals surface area contributed by atoms with Gasteiger partial charge in [0.1, 0.15) is 18.8 Å². The van der Waals surface area contributed by atoms with Gasteiger partial charge in [0.15, 0.2) is 24.6 Å². The molecule has 1 heterocycles. The van der Waals surface area contributed by atoms with Gasteiger partial charge in [-0.15, -0.1) is 0 Å². The second-order valence-corrected chi connectivity index (χ2v) is 17.4. The van der Waals surface area contributed by atoms with Crippen molar-refractivity contribution in [3.8, 4) is 0 Å². The van der Waals surface area contributed by atoms with Crippen LogP contribution < -0.4 is 0 Å². The zero-order valence-electron chi connectivity index (χ0n) is 43.4. The minimum Gasteiger partial charge on any atom is -0.479 e. The number of rotatable bonds is 42. The SMILES string of the molecule is CC/C=C\C/C=C\C/C=C\C/C=C\C/C=C\CCCC(=O)OCC(COC1OC(C(=O)O)C(O)C(O)C1OC(=O)CCCCCCCCCCC)OC(=O)C/C=C\C/C=C\C/C=C\C/C=C\C/C=C\CC. The molecule has 6 atom stereocenters. The molecule has 6 unspecified atom stereocenters. The Morgan fingerprint density at radius 3 is 1.41 bits per heavy atom. The number of aliphatic hydroxyl groups is 2. The van der Waals surface area contributed by atoms with Crippen LogP contribution in [0.25, 0.3) is 0 Å². The molecule has 0 aromatic carbocycles. The topological polar surface area (TPSA) is 175 Å². The van der Waals surface area contributed by atoms with Crippen LogP contribution in [0.1, 0.15) is 175 Å². The summed E-state index contributed by atoms with van der Waals surface area (Å²) < 4.78 is 28.1. The Balaban J connectivity index is 2.82. The second-order valence-electron chi connectivity index (χ2n) is 17.4. The predicted molar refractivity (Wildman–Crippen MR) is 284 cm³/mol. The summed E-state index contributed by atoms with van der Waals surface area (Å²) in [5, 5.41) is 31.3. The smallest absolute Gasteiger partial charge is 0.335 e. The zero-order chi connectivity index (χ0) is 51.8. The summed E-state index contributed by atoms with van der Waals surface area (Å²) in [6, 6.07) is 0. The zero-order valence-corrected chi connectivity index (χ0v) is 43.4. The maximum Gasteiger partial charge on any atom is 0.335 e. The number of allylic oxidation sites excluding steroid dienone is 19. The minimum atomic E-state index is -1.93. The van der Waals surface area contributed by atoms with E-state index in [1.165, 1.54) is 25.7 Å². The number of ether oxygens (including phenoxy) is 5. The van der Waals surface area contributed by atoms with E-state index in [2.05, 4.69) is 106 Å². The maximum absolute atomic E-state index is 13.0. The first-order valence-electron chi connectivity index (χ1n) is 26.5. The summed E-state index contributed by atoms with van der Waals surface area (Å²) >= 11 is 0. The van der Waals surface area contributed by atoms with Crippen molar-refractivity contribution >= 4 is 23.9 Å². The number of carboxylic acids is 1. The highest BCUT2D eigenvalue weighted by molar-refractivity contribution is 5.74. The minimum absolute atomic E-state index is 0.0390. The van der Waals surface area contributed by atoms with Gasteiger partial charge in [0.05, 0.1) is 13.0 Å². The van der Waals surface area contributed by atoms with Crippen LogP contribution in [-0.2, 0) is 42.9 Å². The molecule has 12 nitrogen and oxygen atoms in total. The third-order valence-corrected chi connectivity index (χ3v) is 11.1. The largest absolute Gasteiger partial charge is 0.479 e. The molecule has 0 aromatic rings. The lowest BCUT2D eigenvalue weighted by Crippen LogP contribution is -2.61. The normalized spacial score (nSPS) is 19.5. The van der Waals surface area contributed by atoms with E-state index in [9.17, 15) is 34.5 Å².